The number of para-hydroxylation sites is 1. The SMILES string of the molecule is C[C@@H]1[C@H](CSc2nnnn2-c2ccccc2)O[C@H](c2ccc(CNS(=O)(=O)c3ccccc3)cc2)O[C@@H]1c1ccc(CO)cc1. The molecule has 0 amide bonds. The van der Waals surface area contributed by atoms with Gasteiger partial charge in [-0.1, -0.05) is 104 Å². The van der Waals surface area contributed by atoms with Crippen molar-refractivity contribution in [1.29, 1.82) is 0 Å². The number of aromatic nitrogens is 4. The Morgan fingerprint density at radius 3 is 2.18 bits per heavy atom. The van der Waals surface area contributed by atoms with E-state index in [1.807, 2.05) is 78.9 Å². The van der Waals surface area contributed by atoms with Crippen LogP contribution in [0.15, 0.2) is 119 Å². The zero-order valence-electron chi connectivity index (χ0n) is 24.5. The number of aliphatic hydroxyl groups excluding tert-OH is 1. The quantitative estimate of drug-likeness (QED) is 0.186. The zero-order valence-corrected chi connectivity index (χ0v) is 26.1. The van der Waals surface area contributed by atoms with Gasteiger partial charge in [-0.05, 0) is 51.4 Å². The molecule has 0 bridgehead atoms. The molecular formula is C33H33N5O5S2. The van der Waals surface area contributed by atoms with Crippen molar-refractivity contribution in [2.45, 2.75) is 48.6 Å². The van der Waals surface area contributed by atoms with Gasteiger partial charge >= 0.3 is 0 Å². The molecule has 2 N–H and O–H groups in total. The third-order valence-electron chi connectivity index (χ3n) is 7.71. The summed E-state index contributed by atoms with van der Waals surface area (Å²) in [5.74, 6) is 0.570. The van der Waals surface area contributed by atoms with Crippen molar-refractivity contribution in [2.24, 2.45) is 5.92 Å². The lowest BCUT2D eigenvalue weighted by atomic mass is 9.91. The maximum atomic E-state index is 12.7. The molecule has 4 aromatic carbocycles. The predicted molar refractivity (Wildman–Crippen MR) is 170 cm³/mol. The molecule has 0 unspecified atom stereocenters. The van der Waals surface area contributed by atoms with Crippen LogP contribution in [0.2, 0.25) is 0 Å². The van der Waals surface area contributed by atoms with Gasteiger partial charge in [0.15, 0.2) is 6.29 Å². The van der Waals surface area contributed by atoms with Crippen molar-refractivity contribution >= 4 is 21.8 Å². The molecule has 0 aliphatic carbocycles. The summed E-state index contributed by atoms with van der Waals surface area (Å²) in [6, 6.07) is 33.3. The highest BCUT2D eigenvalue weighted by Crippen LogP contribution is 2.43. The van der Waals surface area contributed by atoms with Crippen LogP contribution in [0.4, 0.5) is 0 Å². The van der Waals surface area contributed by atoms with Crippen molar-refractivity contribution in [2.75, 3.05) is 5.75 Å². The average Bonchev–Trinajstić information content (AvgIpc) is 3.57. The van der Waals surface area contributed by atoms with E-state index in [0.29, 0.717) is 10.9 Å². The van der Waals surface area contributed by atoms with E-state index in [1.165, 1.54) is 11.8 Å². The van der Waals surface area contributed by atoms with E-state index in [9.17, 15) is 13.5 Å². The van der Waals surface area contributed by atoms with Crippen LogP contribution in [0.3, 0.4) is 0 Å². The molecule has 1 aliphatic rings. The number of thioether (sulfide) groups is 1. The molecule has 4 atom stereocenters. The lowest BCUT2D eigenvalue weighted by Gasteiger charge is -2.41. The Labute approximate surface area is 266 Å². The number of nitrogens with one attached hydrogen (secondary N) is 1. The maximum absolute atomic E-state index is 12.7. The van der Waals surface area contributed by atoms with E-state index in [-0.39, 0.29) is 36.2 Å². The summed E-state index contributed by atoms with van der Waals surface area (Å²) in [6.07, 6.45) is -1.14. The number of ether oxygens (including phenoxy) is 2. The molecule has 5 aromatic rings. The first-order valence-electron chi connectivity index (χ1n) is 14.5. The van der Waals surface area contributed by atoms with Gasteiger partial charge in [0, 0.05) is 23.8 Å². The van der Waals surface area contributed by atoms with Gasteiger partial charge in [0.25, 0.3) is 0 Å². The Bertz CT molecular complexity index is 1790. The Hall–Kier alpha value is -3.91. The molecule has 1 aromatic heterocycles. The molecule has 1 saturated heterocycles. The van der Waals surface area contributed by atoms with E-state index >= 15 is 0 Å². The normalized spacial score (nSPS) is 20.2. The lowest BCUT2D eigenvalue weighted by Crippen LogP contribution is -2.38. The third kappa shape index (κ3) is 7.33. The standard InChI is InChI=1S/C33H33N5O5S2/c1-23-30(22-44-33-35-36-37-38(33)28-8-4-2-5-9-28)42-32(43-31(23)26-16-14-25(21-39)15-17-26)27-18-12-24(13-19-27)20-34-45(40,41)29-10-6-3-7-11-29/h2-19,23,30-32,34,39H,20-22H2,1H3/t23-,30+,31+,32+/m1/s1. The lowest BCUT2D eigenvalue weighted by molar-refractivity contribution is -0.268. The smallest absolute Gasteiger partial charge is 0.240 e. The molecule has 6 rings (SSSR count). The number of rotatable bonds is 11. The van der Waals surface area contributed by atoms with Gasteiger partial charge in [-0.2, -0.15) is 4.68 Å². The fourth-order valence-electron chi connectivity index (χ4n) is 5.12. The van der Waals surface area contributed by atoms with Crippen LogP contribution in [-0.2, 0) is 32.6 Å². The van der Waals surface area contributed by atoms with E-state index in [4.69, 9.17) is 9.47 Å². The van der Waals surface area contributed by atoms with Crippen molar-refractivity contribution in [3.63, 3.8) is 0 Å². The van der Waals surface area contributed by atoms with Crippen molar-refractivity contribution in [3.8, 4) is 5.69 Å². The monoisotopic (exact) mass is 643 g/mol. The molecule has 1 aliphatic heterocycles. The molecule has 12 heteroatoms. The number of aliphatic hydroxyl groups is 1. The summed E-state index contributed by atoms with van der Waals surface area (Å²) in [4.78, 5) is 0.222. The minimum atomic E-state index is -3.62. The summed E-state index contributed by atoms with van der Waals surface area (Å²) in [5, 5.41) is 22.5. The van der Waals surface area contributed by atoms with Crippen molar-refractivity contribution in [3.05, 3.63) is 131 Å². The highest BCUT2D eigenvalue weighted by Gasteiger charge is 2.38. The third-order valence-corrected chi connectivity index (χ3v) is 10.1. The maximum Gasteiger partial charge on any atom is 0.240 e. The van der Waals surface area contributed by atoms with Gasteiger partial charge in [0.05, 0.1) is 29.4 Å². The fraction of sp³-hybridized carbons (Fsp3) is 0.242. The predicted octanol–water partition coefficient (Wildman–Crippen LogP) is 5.22. The minimum absolute atomic E-state index is 0.0125. The highest BCUT2D eigenvalue weighted by molar-refractivity contribution is 7.99. The molecular weight excluding hydrogens is 611 g/mol. The second-order valence-electron chi connectivity index (χ2n) is 10.7. The number of tetrazole rings is 1. The summed E-state index contributed by atoms with van der Waals surface area (Å²) < 4.78 is 42.8. The van der Waals surface area contributed by atoms with E-state index in [0.717, 1.165) is 27.9 Å². The Kier molecular flexibility index (Phi) is 9.69. The van der Waals surface area contributed by atoms with E-state index in [1.54, 1.807) is 35.0 Å². The molecule has 0 spiro atoms. The van der Waals surface area contributed by atoms with Gasteiger partial charge in [0.1, 0.15) is 0 Å². The van der Waals surface area contributed by atoms with Crippen LogP contribution in [0.25, 0.3) is 5.69 Å². The van der Waals surface area contributed by atoms with Crippen molar-refractivity contribution < 1.29 is 23.0 Å². The first-order valence-corrected chi connectivity index (χ1v) is 17.0. The van der Waals surface area contributed by atoms with Gasteiger partial charge in [0.2, 0.25) is 15.2 Å². The summed E-state index contributed by atoms with van der Waals surface area (Å²) in [7, 11) is -3.62. The number of sulfonamides is 1. The summed E-state index contributed by atoms with van der Waals surface area (Å²) in [5.41, 5.74) is 4.31. The number of hydrogen-bond donors (Lipinski definition) is 2. The Morgan fingerprint density at radius 2 is 1.49 bits per heavy atom. The van der Waals surface area contributed by atoms with Gasteiger partial charge in [-0.15, -0.1) is 5.10 Å². The summed E-state index contributed by atoms with van der Waals surface area (Å²) >= 11 is 1.52. The zero-order chi connectivity index (χ0) is 31.2. The van der Waals surface area contributed by atoms with Gasteiger partial charge in [-0.25, -0.2) is 13.1 Å². The van der Waals surface area contributed by atoms with Crippen molar-refractivity contribution in [1.82, 2.24) is 24.9 Å². The molecule has 10 nitrogen and oxygen atoms in total. The average molecular weight is 644 g/mol. The number of hydrogen-bond acceptors (Lipinski definition) is 9. The molecule has 0 radical (unpaired) electrons. The molecule has 45 heavy (non-hydrogen) atoms. The molecule has 1 fully saturated rings. The van der Waals surface area contributed by atoms with Crippen LogP contribution in [0.5, 0.6) is 0 Å². The molecule has 232 valence electrons. The number of benzene rings is 4. The Morgan fingerprint density at radius 1 is 0.844 bits per heavy atom. The van der Waals surface area contributed by atoms with Crippen LogP contribution >= 0.6 is 11.8 Å². The van der Waals surface area contributed by atoms with Gasteiger partial charge < -0.3 is 14.6 Å². The Balaban J connectivity index is 1.19. The van der Waals surface area contributed by atoms with Gasteiger partial charge in [-0.3, -0.25) is 0 Å². The highest BCUT2D eigenvalue weighted by atomic mass is 32.2. The van der Waals surface area contributed by atoms with Crippen LogP contribution in [0, 0.1) is 5.92 Å². The summed E-state index contributed by atoms with van der Waals surface area (Å²) in [6.45, 7) is 2.22. The second kappa shape index (κ2) is 14.0. The van der Waals surface area contributed by atoms with Crippen LogP contribution < -0.4 is 4.72 Å². The minimum Gasteiger partial charge on any atom is -0.392 e. The van der Waals surface area contributed by atoms with Crippen LogP contribution in [0.1, 0.15) is 41.6 Å². The first-order chi connectivity index (χ1) is 21.9. The molecule has 0 saturated carbocycles. The number of nitrogens with zero attached hydrogens (tertiary/aromatic N) is 4. The first kappa shape index (κ1) is 31.1. The second-order valence-corrected chi connectivity index (χ2v) is 13.5. The van der Waals surface area contributed by atoms with E-state index in [2.05, 4.69) is 27.2 Å². The fourth-order valence-corrected chi connectivity index (χ4v) is 7.21. The van der Waals surface area contributed by atoms with E-state index < -0.39 is 16.3 Å². The largest absolute Gasteiger partial charge is 0.392 e. The topological polar surface area (TPSA) is 128 Å². The van der Waals surface area contributed by atoms with Crippen LogP contribution in [-0.4, -0.2) is 45.6 Å². The molecule has 2 heterocycles.